The zero-order valence-corrected chi connectivity index (χ0v) is 12.4. The molecule has 0 amide bonds. The van der Waals surface area contributed by atoms with Gasteiger partial charge in [0.05, 0.1) is 11.4 Å². The van der Waals surface area contributed by atoms with Gasteiger partial charge in [-0.15, -0.1) is 11.3 Å². The van der Waals surface area contributed by atoms with Gasteiger partial charge < -0.3 is 10.2 Å². The Labute approximate surface area is 116 Å². The van der Waals surface area contributed by atoms with Crippen LogP contribution in [0.25, 0.3) is 0 Å². The molecule has 0 aliphatic carbocycles. The minimum absolute atomic E-state index is 0.212. The van der Waals surface area contributed by atoms with Gasteiger partial charge in [0.25, 0.3) is 0 Å². The fraction of sp³-hybridized carbons (Fsp3) is 0.333. The molecule has 7 heteroatoms. The number of hydrogen-bond donors (Lipinski definition) is 1. The molecule has 2 N–H and O–H groups in total. The summed E-state index contributed by atoms with van der Waals surface area (Å²) in [6.07, 6.45) is 0. The van der Waals surface area contributed by atoms with Crippen molar-refractivity contribution < 1.29 is 12.8 Å². The van der Waals surface area contributed by atoms with Crippen molar-refractivity contribution in [1.29, 1.82) is 0 Å². The SMILES string of the molecule is Cc1ccc(CN(C)S(=O)(=O)c2csc(CN)c2)o1. The Kier molecular flexibility index (Phi) is 4.10. The molecule has 2 rings (SSSR count). The van der Waals surface area contributed by atoms with Gasteiger partial charge in [-0.25, -0.2) is 8.42 Å². The molecule has 0 unspecified atom stereocenters. The van der Waals surface area contributed by atoms with Crippen LogP contribution in [0.2, 0.25) is 0 Å². The molecular formula is C12H16N2O3S2. The summed E-state index contributed by atoms with van der Waals surface area (Å²) in [6, 6.07) is 5.21. The van der Waals surface area contributed by atoms with Crippen LogP contribution in [-0.4, -0.2) is 19.8 Å². The molecule has 0 atom stereocenters. The van der Waals surface area contributed by atoms with Gasteiger partial charge in [-0.3, -0.25) is 0 Å². The maximum absolute atomic E-state index is 12.3. The molecule has 0 saturated heterocycles. The van der Waals surface area contributed by atoms with Gasteiger partial charge in [0, 0.05) is 23.8 Å². The van der Waals surface area contributed by atoms with E-state index in [1.54, 1.807) is 17.5 Å². The standard InChI is InChI=1S/C12H16N2O3S2/c1-9-3-4-10(17-9)7-14(2)19(15,16)12-5-11(6-13)18-8-12/h3-5,8H,6-7,13H2,1-2H3. The molecule has 19 heavy (non-hydrogen) atoms. The van der Waals surface area contributed by atoms with Gasteiger partial charge in [0.2, 0.25) is 10.0 Å². The van der Waals surface area contributed by atoms with Gasteiger partial charge in [0.15, 0.2) is 0 Å². The number of hydrogen-bond acceptors (Lipinski definition) is 5. The van der Waals surface area contributed by atoms with E-state index in [9.17, 15) is 8.42 Å². The van der Waals surface area contributed by atoms with Crippen LogP contribution >= 0.6 is 11.3 Å². The molecule has 104 valence electrons. The number of nitrogens with two attached hydrogens (primary N) is 1. The fourth-order valence-electron chi connectivity index (χ4n) is 1.66. The van der Waals surface area contributed by atoms with E-state index in [2.05, 4.69) is 0 Å². The van der Waals surface area contributed by atoms with Crippen LogP contribution < -0.4 is 5.73 Å². The number of furan rings is 1. The Morgan fingerprint density at radius 2 is 2.16 bits per heavy atom. The van der Waals surface area contributed by atoms with E-state index >= 15 is 0 Å². The largest absolute Gasteiger partial charge is 0.465 e. The van der Waals surface area contributed by atoms with E-state index < -0.39 is 10.0 Å². The Bertz CT molecular complexity index is 658. The summed E-state index contributed by atoms with van der Waals surface area (Å²) >= 11 is 1.35. The molecule has 0 spiro atoms. The van der Waals surface area contributed by atoms with Gasteiger partial charge in [-0.1, -0.05) is 0 Å². The number of aryl methyl sites for hydroxylation is 1. The van der Waals surface area contributed by atoms with Gasteiger partial charge in [0.1, 0.15) is 11.5 Å². The summed E-state index contributed by atoms with van der Waals surface area (Å²) < 4.78 is 31.3. The van der Waals surface area contributed by atoms with Crippen LogP contribution in [0.15, 0.2) is 32.9 Å². The van der Waals surface area contributed by atoms with Crippen molar-refractivity contribution in [2.75, 3.05) is 7.05 Å². The van der Waals surface area contributed by atoms with Crippen LogP contribution in [0.4, 0.5) is 0 Å². The molecule has 0 aliphatic heterocycles. The minimum Gasteiger partial charge on any atom is -0.465 e. The second-order valence-corrected chi connectivity index (χ2v) is 7.27. The van der Waals surface area contributed by atoms with E-state index in [1.165, 1.54) is 22.7 Å². The highest BCUT2D eigenvalue weighted by molar-refractivity contribution is 7.89. The average Bonchev–Trinajstić information content (AvgIpc) is 2.98. The van der Waals surface area contributed by atoms with E-state index in [0.717, 1.165) is 10.6 Å². The van der Waals surface area contributed by atoms with Crippen molar-refractivity contribution in [3.8, 4) is 0 Å². The summed E-state index contributed by atoms with van der Waals surface area (Å²) in [5.74, 6) is 1.39. The predicted octanol–water partition coefficient (Wildman–Crippen LogP) is 1.93. The number of thiophene rings is 1. The summed E-state index contributed by atoms with van der Waals surface area (Å²) in [4.78, 5) is 1.13. The second-order valence-electron chi connectivity index (χ2n) is 4.23. The van der Waals surface area contributed by atoms with Crippen LogP contribution in [0.5, 0.6) is 0 Å². The van der Waals surface area contributed by atoms with Gasteiger partial charge >= 0.3 is 0 Å². The predicted molar refractivity (Wildman–Crippen MR) is 74.3 cm³/mol. The topological polar surface area (TPSA) is 76.5 Å². The normalized spacial score (nSPS) is 12.2. The molecule has 2 aromatic rings. The van der Waals surface area contributed by atoms with Gasteiger partial charge in [-0.05, 0) is 25.1 Å². The average molecular weight is 300 g/mol. The van der Waals surface area contributed by atoms with Crippen LogP contribution in [-0.2, 0) is 23.1 Å². The maximum atomic E-state index is 12.3. The minimum atomic E-state index is -3.49. The molecule has 0 aliphatic rings. The van der Waals surface area contributed by atoms with Crippen LogP contribution in [0.3, 0.4) is 0 Å². The smallest absolute Gasteiger partial charge is 0.244 e. The molecule has 5 nitrogen and oxygen atoms in total. The fourth-order valence-corrected chi connectivity index (χ4v) is 3.94. The third-order valence-electron chi connectivity index (χ3n) is 2.71. The van der Waals surface area contributed by atoms with E-state index in [4.69, 9.17) is 10.2 Å². The quantitative estimate of drug-likeness (QED) is 0.915. The Morgan fingerprint density at radius 3 is 2.68 bits per heavy atom. The van der Waals surface area contributed by atoms with E-state index in [0.29, 0.717) is 12.3 Å². The number of rotatable bonds is 5. The van der Waals surface area contributed by atoms with Crippen molar-refractivity contribution in [1.82, 2.24) is 4.31 Å². The third-order valence-corrected chi connectivity index (χ3v) is 5.60. The van der Waals surface area contributed by atoms with Crippen LogP contribution in [0.1, 0.15) is 16.4 Å². The van der Waals surface area contributed by atoms with E-state index in [1.807, 2.05) is 13.0 Å². The molecule has 2 heterocycles. The summed E-state index contributed by atoms with van der Waals surface area (Å²) in [5, 5.41) is 1.61. The van der Waals surface area contributed by atoms with Crippen molar-refractivity contribution >= 4 is 21.4 Å². The first-order valence-electron chi connectivity index (χ1n) is 5.72. The molecule has 2 aromatic heterocycles. The second kappa shape index (κ2) is 5.46. The lowest BCUT2D eigenvalue weighted by atomic mass is 10.4. The summed E-state index contributed by atoms with van der Waals surface area (Å²) in [6.45, 7) is 2.38. The molecule has 0 aromatic carbocycles. The first-order chi connectivity index (χ1) is 8.93. The lowest BCUT2D eigenvalue weighted by Gasteiger charge is -2.14. The Balaban J connectivity index is 2.19. The third kappa shape index (κ3) is 3.06. The van der Waals surface area contributed by atoms with Crippen molar-refractivity contribution in [2.24, 2.45) is 5.73 Å². The molecule has 0 bridgehead atoms. The first kappa shape index (κ1) is 14.3. The van der Waals surface area contributed by atoms with Gasteiger partial charge in [-0.2, -0.15) is 4.31 Å². The lowest BCUT2D eigenvalue weighted by molar-refractivity contribution is 0.397. The zero-order chi connectivity index (χ0) is 14.0. The number of nitrogens with zero attached hydrogens (tertiary/aromatic N) is 1. The zero-order valence-electron chi connectivity index (χ0n) is 10.8. The monoisotopic (exact) mass is 300 g/mol. The Hall–Kier alpha value is -1.15. The van der Waals surface area contributed by atoms with Crippen molar-refractivity contribution in [3.63, 3.8) is 0 Å². The molecule has 0 fully saturated rings. The van der Waals surface area contributed by atoms with E-state index in [-0.39, 0.29) is 11.4 Å². The van der Waals surface area contributed by atoms with Crippen molar-refractivity contribution in [2.45, 2.75) is 24.9 Å². The summed E-state index contributed by atoms with van der Waals surface area (Å²) in [7, 11) is -1.95. The molecular weight excluding hydrogens is 284 g/mol. The highest BCUT2D eigenvalue weighted by Crippen LogP contribution is 2.23. The first-order valence-corrected chi connectivity index (χ1v) is 8.04. The highest BCUT2D eigenvalue weighted by Gasteiger charge is 2.23. The Morgan fingerprint density at radius 1 is 1.42 bits per heavy atom. The lowest BCUT2D eigenvalue weighted by Crippen LogP contribution is -2.25. The number of sulfonamides is 1. The molecule has 0 radical (unpaired) electrons. The summed E-state index contributed by atoms with van der Waals surface area (Å²) in [5.41, 5.74) is 5.50. The maximum Gasteiger partial charge on any atom is 0.244 e. The van der Waals surface area contributed by atoms with Crippen molar-refractivity contribution in [3.05, 3.63) is 40.0 Å². The molecule has 0 saturated carbocycles. The highest BCUT2D eigenvalue weighted by atomic mass is 32.2. The van der Waals surface area contributed by atoms with Crippen LogP contribution in [0, 0.1) is 6.92 Å².